The van der Waals surface area contributed by atoms with Crippen molar-refractivity contribution in [1.29, 1.82) is 0 Å². The van der Waals surface area contributed by atoms with Crippen LogP contribution in [-0.2, 0) is 11.2 Å². The minimum atomic E-state index is -0.789. The molecule has 24 heavy (non-hydrogen) atoms. The van der Waals surface area contributed by atoms with Crippen LogP contribution in [0.2, 0.25) is 0 Å². The maximum absolute atomic E-state index is 13.5. The Labute approximate surface area is 136 Å². The molecule has 0 aliphatic rings. The fourth-order valence-electron chi connectivity index (χ4n) is 2.47. The van der Waals surface area contributed by atoms with Crippen LogP contribution in [0.1, 0.15) is 23.4 Å². The molecule has 0 fully saturated rings. The van der Waals surface area contributed by atoms with E-state index in [1.165, 1.54) is 6.33 Å². The number of aryl methyl sites for hydroxylation is 2. The highest BCUT2D eigenvalue weighted by Crippen LogP contribution is 2.20. The largest absolute Gasteiger partial charge is 0.423 e. The molecule has 0 radical (unpaired) electrons. The molecule has 3 rings (SSSR count). The predicted octanol–water partition coefficient (Wildman–Crippen LogP) is 2.56. The van der Waals surface area contributed by atoms with E-state index in [1.54, 1.807) is 4.52 Å². The molecule has 2 aromatic heterocycles. The number of carbonyl (C=O) groups excluding carboxylic acids is 1. The van der Waals surface area contributed by atoms with E-state index >= 15 is 0 Å². The predicted molar refractivity (Wildman–Crippen MR) is 80.6 cm³/mol. The summed E-state index contributed by atoms with van der Waals surface area (Å²) in [5, 5.41) is 4.07. The molecule has 0 saturated carbocycles. The van der Waals surface area contributed by atoms with Crippen molar-refractivity contribution in [3.63, 3.8) is 0 Å². The van der Waals surface area contributed by atoms with Gasteiger partial charge in [0, 0.05) is 17.5 Å². The van der Waals surface area contributed by atoms with Crippen molar-refractivity contribution < 1.29 is 18.3 Å². The number of aromatic nitrogens is 4. The number of esters is 1. The summed E-state index contributed by atoms with van der Waals surface area (Å²) in [6.45, 7) is 3.66. The molecule has 1 aromatic carbocycles. The second kappa shape index (κ2) is 6.31. The molecule has 2 heterocycles. The number of nitrogens with zero attached hydrogens (tertiary/aromatic N) is 4. The van der Waals surface area contributed by atoms with Gasteiger partial charge in [0.15, 0.2) is 11.6 Å². The maximum Gasteiger partial charge on any atom is 0.311 e. The summed E-state index contributed by atoms with van der Waals surface area (Å²) in [6, 6.07) is 2.71. The summed E-state index contributed by atoms with van der Waals surface area (Å²) in [7, 11) is 0. The molecular weight excluding hydrogens is 318 g/mol. The second-order valence-corrected chi connectivity index (χ2v) is 5.28. The molecule has 6 nitrogen and oxygen atoms in total. The third-order valence-corrected chi connectivity index (χ3v) is 3.68. The zero-order valence-corrected chi connectivity index (χ0v) is 13.1. The summed E-state index contributed by atoms with van der Waals surface area (Å²) < 4.78 is 33.1. The number of halogens is 2. The summed E-state index contributed by atoms with van der Waals surface area (Å²) in [4.78, 5) is 20.3. The van der Waals surface area contributed by atoms with Gasteiger partial charge in [0.05, 0.1) is 6.42 Å². The summed E-state index contributed by atoms with van der Waals surface area (Å²) in [6.07, 6.45) is 1.75. The number of fused-ring (bicyclic) bond motifs is 1. The first kappa shape index (κ1) is 16.0. The van der Waals surface area contributed by atoms with Gasteiger partial charge in [0.1, 0.15) is 12.1 Å². The Kier molecular flexibility index (Phi) is 4.20. The molecule has 0 spiro atoms. The van der Waals surface area contributed by atoms with Gasteiger partial charge in [-0.05, 0) is 38.0 Å². The molecule has 124 valence electrons. The Morgan fingerprint density at radius 3 is 2.88 bits per heavy atom. The van der Waals surface area contributed by atoms with Gasteiger partial charge in [-0.15, -0.1) is 0 Å². The van der Waals surface area contributed by atoms with Gasteiger partial charge in [-0.1, -0.05) is 0 Å². The van der Waals surface area contributed by atoms with E-state index in [1.807, 2.05) is 13.8 Å². The smallest absolute Gasteiger partial charge is 0.311 e. The first-order valence-corrected chi connectivity index (χ1v) is 7.27. The first-order valence-electron chi connectivity index (χ1n) is 7.27. The molecule has 0 bridgehead atoms. The number of ether oxygens (including phenoxy) is 1. The highest BCUT2D eigenvalue weighted by molar-refractivity contribution is 5.72. The Morgan fingerprint density at radius 1 is 1.29 bits per heavy atom. The lowest BCUT2D eigenvalue weighted by Gasteiger charge is -2.10. The van der Waals surface area contributed by atoms with Crippen molar-refractivity contribution in [1.82, 2.24) is 19.6 Å². The number of carbonyl (C=O) groups is 1. The Morgan fingerprint density at radius 2 is 2.08 bits per heavy atom. The Hall–Kier alpha value is -2.90. The highest BCUT2D eigenvalue weighted by Gasteiger charge is 2.15. The van der Waals surface area contributed by atoms with Crippen molar-refractivity contribution in [2.24, 2.45) is 0 Å². The monoisotopic (exact) mass is 332 g/mol. The molecule has 0 aliphatic heterocycles. The van der Waals surface area contributed by atoms with Crippen LogP contribution in [0.3, 0.4) is 0 Å². The molecule has 8 heteroatoms. The molecule has 0 N–H and O–H groups in total. The fourth-order valence-corrected chi connectivity index (χ4v) is 2.47. The zero-order chi connectivity index (χ0) is 17.3. The Bertz CT molecular complexity index is 924. The van der Waals surface area contributed by atoms with E-state index < -0.39 is 23.4 Å². The molecule has 3 aromatic rings. The molecule has 0 unspecified atom stereocenters. The highest BCUT2D eigenvalue weighted by atomic mass is 19.1. The molecule has 0 amide bonds. The van der Waals surface area contributed by atoms with E-state index in [-0.39, 0.29) is 6.42 Å². The van der Waals surface area contributed by atoms with Gasteiger partial charge >= 0.3 is 5.97 Å². The van der Waals surface area contributed by atoms with Crippen molar-refractivity contribution in [2.75, 3.05) is 0 Å². The lowest BCUT2D eigenvalue weighted by Crippen LogP contribution is -2.13. The normalized spacial score (nSPS) is 11.0. The number of benzene rings is 1. The van der Waals surface area contributed by atoms with Crippen molar-refractivity contribution in [3.8, 4) is 5.75 Å². The number of rotatable bonds is 4. The van der Waals surface area contributed by atoms with E-state index in [2.05, 4.69) is 15.1 Å². The van der Waals surface area contributed by atoms with E-state index in [4.69, 9.17) is 4.74 Å². The maximum atomic E-state index is 13.5. The van der Waals surface area contributed by atoms with Crippen molar-refractivity contribution >= 4 is 11.7 Å². The van der Waals surface area contributed by atoms with Crippen LogP contribution in [0, 0.1) is 25.5 Å². The second-order valence-electron chi connectivity index (χ2n) is 5.28. The minimum absolute atomic E-state index is 0.000479. The molecular formula is C16H14F2N4O2. The Balaban J connectivity index is 1.73. The van der Waals surface area contributed by atoms with Gasteiger partial charge in [0.25, 0.3) is 5.78 Å². The third-order valence-electron chi connectivity index (χ3n) is 3.68. The van der Waals surface area contributed by atoms with E-state index in [0.717, 1.165) is 35.2 Å². The van der Waals surface area contributed by atoms with Gasteiger partial charge in [-0.25, -0.2) is 18.3 Å². The van der Waals surface area contributed by atoms with Gasteiger partial charge < -0.3 is 4.74 Å². The van der Waals surface area contributed by atoms with Gasteiger partial charge in [-0.3, -0.25) is 4.79 Å². The number of hydrogen-bond acceptors (Lipinski definition) is 5. The molecule has 0 saturated heterocycles. The summed E-state index contributed by atoms with van der Waals surface area (Å²) >= 11 is 0. The van der Waals surface area contributed by atoms with Gasteiger partial charge in [-0.2, -0.15) is 10.1 Å². The lowest BCUT2D eigenvalue weighted by atomic mass is 10.1. The molecule has 0 aliphatic carbocycles. The average Bonchev–Trinajstić information content (AvgIpc) is 2.99. The molecule has 0 atom stereocenters. The lowest BCUT2D eigenvalue weighted by molar-refractivity contribution is -0.134. The third kappa shape index (κ3) is 3.08. The van der Waals surface area contributed by atoms with E-state index in [0.29, 0.717) is 12.2 Å². The van der Waals surface area contributed by atoms with Crippen LogP contribution < -0.4 is 4.74 Å². The quantitative estimate of drug-likeness (QED) is 0.542. The van der Waals surface area contributed by atoms with Crippen LogP contribution in [0.25, 0.3) is 5.78 Å². The van der Waals surface area contributed by atoms with Crippen molar-refractivity contribution in [3.05, 3.63) is 53.1 Å². The van der Waals surface area contributed by atoms with Crippen LogP contribution in [0.4, 0.5) is 8.78 Å². The van der Waals surface area contributed by atoms with Gasteiger partial charge in [0.2, 0.25) is 0 Å². The first-order chi connectivity index (χ1) is 11.5. The van der Waals surface area contributed by atoms with Crippen LogP contribution in [0.15, 0.2) is 24.5 Å². The standard InChI is InChI=1S/C16H14F2N4O2/c1-9-12(10(2)22-16(21-9)19-8-20-22)4-6-15(23)24-14-7-11(17)3-5-13(14)18/h3,5,7-8H,4,6H2,1-2H3. The number of hydrogen-bond donors (Lipinski definition) is 0. The van der Waals surface area contributed by atoms with Crippen LogP contribution in [0.5, 0.6) is 5.75 Å². The SMILES string of the molecule is Cc1nc2ncnn2c(C)c1CCC(=O)Oc1cc(F)ccc1F. The van der Waals surface area contributed by atoms with Crippen LogP contribution in [-0.4, -0.2) is 25.6 Å². The van der Waals surface area contributed by atoms with Crippen molar-refractivity contribution in [2.45, 2.75) is 26.7 Å². The summed E-state index contributed by atoms with van der Waals surface area (Å²) in [5.74, 6) is -2.05. The zero-order valence-electron chi connectivity index (χ0n) is 13.1. The topological polar surface area (TPSA) is 69.4 Å². The minimum Gasteiger partial charge on any atom is -0.423 e. The average molecular weight is 332 g/mol. The van der Waals surface area contributed by atoms with E-state index in [9.17, 15) is 13.6 Å². The summed E-state index contributed by atoms with van der Waals surface area (Å²) in [5.41, 5.74) is 2.39. The fraction of sp³-hybridized carbons (Fsp3) is 0.250. The van der Waals surface area contributed by atoms with Crippen LogP contribution >= 0.6 is 0 Å².